The molecular formula is C14H19N3OS. The third-order valence-electron chi connectivity index (χ3n) is 3.26. The maximum absolute atomic E-state index is 12.4. The van der Waals surface area contributed by atoms with Crippen molar-refractivity contribution in [2.75, 3.05) is 18.8 Å². The van der Waals surface area contributed by atoms with Gasteiger partial charge in [0.1, 0.15) is 4.88 Å². The van der Waals surface area contributed by atoms with Crippen molar-refractivity contribution in [2.24, 2.45) is 0 Å². The molecular weight excluding hydrogens is 258 g/mol. The minimum atomic E-state index is 0.0146. The Labute approximate surface area is 117 Å². The van der Waals surface area contributed by atoms with Crippen molar-refractivity contribution in [3.63, 3.8) is 0 Å². The number of aryl methyl sites for hydroxylation is 2. The molecule has 1 amide bonds. The Kier molecular flexibility index (Phi) is 3.75. The van der Waals surface area contributed by atoms with Gasteiger partial charge in [0, 0.05) is 34.6 Å². The predicted octanol–water partition coefficient (Wildman–Crippen LogP) is 2.98. The summed E-state index contributed by atoms with van der Waals surface area (Å²) in [5.74, 6) is 0.0146. The Bertz CT molecular complexity index is 629. The highest BCUT2D eigenvalue weighted by atomic mass is 32.1. The summed E-state index contributed by atoms with van der Waals surface area (Å²) in [4.78, 5) is 19.3. The quantitative estimate of drug-likeness (QED) is 0.938. The molecule has 0 bridgehead atoms. The van der Waals surface area contributed by atoms with Crippen LogP contribution in [0.25, 0.3) is 10.1 Å². The number of carbonyl (C=O) groups excluding carboxylic acids is 1. The summed E-state index contributed by atoms with van der Waals surface area (Å²) < 4.78 is 1.04. The van der Waals surface area contributed by atoms with Gasteiger partial charge in [-0.05, 0) is 33.8 Å². The number of nitrogens with zero attached hydrogens (tertiary/aromatic N) is 2. The zero-order valence-corrected chi connectivity index (χ0v) is 12.6. The lowest BCUT2D eigenvalue weighted by Crippen LogP contribution is -2.30. The van der Waals surface area contributed by atoms with Gasteiger partial charge in [-0.1, -0.05) is 0 Å². The molecule has 0 radical (unpaired) electrons. The van der Waals surface area contributed by atoms with Crippen LogP contribution in [0.15, 0.2) is 6.07 Å². The van der Waals surface area contributed by atoms with Crippen LogP contribution in [0.5, 0.6) is 0 Å². The molecule has 19 heavy (non-hydrogen) atoms. The van der Waals surface area contributed by atoms with Gasteiger partial charge in [-0.2, -0.15) is 0 Å². The van der Waals surface area contributed by atoms with Crippen LogP contribution in [-0.2, 0) is 0 Å². The van der Waals surface area contributed by atoms with Gasteiger partial charge in [0.15, 0.2) is 0 Å². The van der Waals surface area contributed by atoms with Crippen molar-refractivity contribution in [2.45, 2.75) is 27.7 Å². The zero-order valence-electron chi connectivity index (χ0n) is 11.8. The number of amides is 1. The first kappa shape index (κ1) is 13.8. The Morgan fingerprint density at radius 2 is 2.00 bits per heavy atom. The number of anilines is 1. The second-order valence-corrected chi connectivity index (χ2v) is 5.60. The molecule has 0 fully saturated rings. The van der Waals surface area contributed by atoms with E-state index in [-0.39, 0.29) is 5.91 Å². The van der Waals surface area contributed by atoms with E-state index in [0.717, 1.165) is 21.5 Å². The summed E-state index contributed by atoms with van der Waals surface area (Å²) >= 11 is 1.46. The SMILES string of the molecule is CCN(CC)C(=O)c1sc2cc(C)nc(C)c2c1N. The molecule has 0 aromatic carbocycles. The molecule has 2 aromatic heterocycles. The van der Waals surface area contributed by atoms with Gasteiger partial charge in [0.2, 0.25) is 0 Å². The molecule has 2 N–H and O–H groups in total. The lowest BCUT2D eigenvalue weighted by Gasteiger charge is -2.17. The number of nitrogens with two attached hydrogens (primary N) is 1. The van der Waals surface area contributed by atoms with E-state index in [1.807, 2.05) is 33.8 Å². The predicted molar refractivity (Wildman–Crippen MR) is 80.8 cm³/mol. The number of pyridine rings is 1. The smallest absolute Gasteiger partial charge is 0.266 e. The van der Waals surface area contributed by atoms with Gasteiger partial charge in [-0.25, -0.2) is 0 Å². The standard InChI is InChI=1S/C14H19N3OS/c1-5-17(6-2)14(18)13-12(15)11-9(4)16-8(3)7-10(11)19-13/h7H,5-6,15H2,1-4H3. The number of thiophene rings is 1. The molecule has 0 spiro atoms. The van der Waals surface area contributed by atoms with E-state index in [1.54, 1.807) is 4.90 Å². The van der Waals surface area contributed by atoms with Crippen molar-refractivity contribution in [1.29, 1.82) is 0 Å². The minimum Gasteiger partial charge on any atom is -0.397 e. The average Bonchev–Trinajstić information content (AvgIpc) is 2.67. The van der Waals surface area contributed by atoms with Gasteiger partial charge in [-0.15, -0.1) is 11.3 Å². The number of nitrogen functional groups attached to an aromatic ring is 1. The van der Waals surface area contributed by atoms with E-state index in [1.165, 1.54) is 11.3 Å². The van der Waals surface area contributed by atoms with Crippen molar-refractivity contribution in [3.05, 3.63) is 22.3 Å². The number of fused-ring (bicyclic) bond motifs is 1. The van der Waals surface area contributed by atoms with Crippen LogP contribution in [0, 0.1) is 13.8 Å². The third kappa shape index (κ3) is 2.30. The van der Waals surface area contributed by atoms with Crippen molar-refractivity contribution in [3.8, 4) is 0 Å². The highest BCUT2D eigenvalue weighted by Gasteiger charge is 2.21. The summed E-state index contributed by atoms with van der Waals surface area (Å²) in [5.41, 5.74) is 8.58. The molecule has 0 aliphatic carbocycles. The lowest BCUT2D eigenvalue weighted by atomic mass is 10.2. The fourth-order valence-corrected chi connectivity index (χ4v) is 3.53. The number of hydrogen-bond donors (Lipinski definition) is 1. The highest BCUT2D eigenvalue weighted by molar-refractivity contribution is 7.21. The lowest BCUT2D eigenvalue weighted by molar-refractivity contribution is 0.0779. The van der Waals surface area contributed by atoms with Crippen LogP contribution in [0.4, 0.5) is 5.69 Å². The van der Waals surface area contributed by atoms with Gasteiger partial charge < -0.3 is 10.6 Å². The Balaban J connectivity index is 2.60. The van der Waals surface area contributed by atoms with Crippen LogP contribution in [0.1, 0.15) is 34.9 Å². The number of rotatable bonds is 3. The minimum absolute atomic E-state index is 0.0146. The molecule has 2 heterocycles. The molecule has 0 aliphatic heterocycles. The second kappa shape index (κ2) is 5.17. The van der Waals surface area contributed by atoms with Crippen molar-refractivity contribution < 1.29 is 4.79 Å². The van der Waals surface area contributed by atoms with Crippen LogP contribution in [0.2, 0.25) is 0 Å². The van der Waals surface area contributed by atoms with E-state index >= 15 is 0 Å². The highest BCUT2D eigenvalue weighted by Crippen LogP contribution is 2.36. The third-order valence-corrected chi connectivity index (χ3v) is 4.40. The first-order valence-electron chi connectivity index (χ1n) is 6.45. The van der Waals surface area contributed by atoms with E-state index in [2.05, 4.69) is 4.98 Å². The molecule has 0 unspecified atom stereocenters. The topological polar surface area (TPSA) is 59.2 Å². The summed E-state index contributed by atoms with van der Waals surface area (Å²) in [6.45, 7) is 9.22. The Hall–Kier alpha value is -1.62. The summed E-state index contributed by atoms with van der Waals surface area (Å²) in [6.07, 6.45) is 0. The van der Waals surface area contributed by atoms with E-state index in [0.29, 0.717) is 23.7 Å². The Morgan fingerprint density at radius 1 is 1.37 bits per heavy atom. The first-order chi connectivity index (χ1) is 8.99. The van der Waals surface area contributed by atoms with Crippen molar-refractivity contribution >= 4 is 33.0 Å². The maximum atomic E-state index is 12.4. The zero-order chi connectivity index (χ0) is 14.2. The largest absolute Gasteiger partial charge is 0.397 e. The molecule has 2 rings (SSSR count). The van der Waals surface area contributed by atoms with Crippen LogP contribution >= 0.6 is 11.3 Å². The first-order valence-corrected chi connectivity index (χ1v) is 7.26. The molecule has 0 saturated heterocycles. The molecule has 0 aliphatic rings. The van der Waals surface area contributed by atoms with E-state index < -0.39 is 0 Å². The molecule has 2 aromatic rings. The molecule has 102 valence electrons. The normalized spacial score (nSPS) is 10.9. The fraction of sp³-hybridized carbons (Fsp3) is 0.429. The molecule has 5 heteroatoms. The van der Waals surface area contributed by atoms with Gasteiger partial charge >= 0.3 is 0 Å². The van der Waals surface area contributed by atoms with Gasteiger partial charge in [0.05, 0.1) is 5.69 Å². The van der Waals surface area contributed by atoms with Crippen LogP contribution < -0.4 is 5.73 Å². The number of carbonyl (C=O) groups is 1. The molecule has 0 saturated carbocycles. The molecule has 4 nitrogen and oxygen atoms in total. The van der Waals surface area contributed by atoms with E-state index in [9.17, 15) is 4.79 Å². The van der Waals surface area contributed by atoms with E-state index in [4.69, 9.17) is 5.73 Å². The summed E-state index contributed by atoms with van der Waals surface area (Å²) in [5, 5.41) is 0.922. The Morgan fingerprint density at radius 3 is 2.58 bits per heavy atom. The van der Waals surface area contributed by atoms with Gasteiger partial charge in [0.25, 0.3) is 5.91 Å². The second-order valence-electron chi connectivity index (χ2n) is 4.54. The summed E-state index contributed by atoms with van der Waals surface area (Å²) in [6, 6.07) is 1.99. The molecule has 0 atom stereocenters. The van der Waals surface area contributed by atoms with Crippen molar-refractivity contribution in [1.82, 2.24) is 9.88 Å². The van der Waals surface area contributed by atoms with Crippen LogP contribution in [0.3, 0.4) is 0 Å². The number of aromatic nitrogens is 1. The number of hydrogen-bond acceptors (Lipinski definition) is 4. The van der Waals surface area contributed by atoms with Crippen LogP contribution in [-0.4, -0.2) is 28.9 Å². The monoisotopic (exact) mass is 277 g/mol. The summed E-state index contributed by atoms with van der Waals surface area (Å²) in [7, 11) is 0. The van der Waals surface area contributed by atoms with Gasteiger partial charge in [-0.3, -0.25) is 9.78 Å². The average molecular weight is 277 g/mol. The fourth-order valence-electron chi connectivity index (χ4n) is 2.29. The maximum Gasteiger partial charge on any atom is 0.266 e.